The Labute approximate surface area is 121 Å². The van der Waals surface area contributed by atoms with E-state index < -0.39 is 0 Å². The van der Waals surface area contributed by atoms with Crippen molar-refractivity contribution in [2.24, 2.45) is 0 Å². The first-order chi connectivity index (χ1) is 9.69. The average Bonchev–Trinajstić information content (AvgIpc) is 2.48. The zero-order chi connectivity index (χ0) is 14.4. The first-order valence-electron chi connectivity index (χ1n) is 7.51. The molecular formula is C16H24N4. The van der Waals surface area contributed by atoms with Crippen LogP contribution in [0, 0.1) is 11.3 Å². The molecule has 1 aromatic heterocycles. The van der Waals surface area contributed by atoms with E-state index in [2.05, 4.69) is 35.1 Å². The Bertz CT molecular complexity index is 458. The molecule has 0 radical (unpaired) electrons. The molecule has 4 heteroatoms. The van der Waals surface area contributed by atoms with Crippen LogP contribution >= 0.6 is 0 Å². The molecule has 2 rings (SSSR count). The number of aromatic nitrogens is 1. The Balaban J connectivity index is 1.99. The largest absolute Gasteiger partial charge is 0.313 e. The molecule has 0 saturated carbocycles. The molecule has 108 valence electrons. The van der Waals surface area contributed by atoms with Crippen LogP contribution in [0.4, 0.5) is 0 Å². The van der Waals surface area contributed by atoms with Gasteiger partial charge < -0.3 is 5.32 Å². The van der Waals surface area contributed by atoms with Gasteiger partial charge in [-0.15, -0.1) is 0 Å². The van der Waals surface area contributed by atoms with Crippen LogP contribution in [-0.2, 0) is 6.54 Å². The van der Waals surface area contributed by atoms with Crippen molar-refractivity contribution in [3.05, 3.63) is 29.6 Å². The third-order valence-electron chi connectivity index (χ3n) is 3.92. The normalized spacial score (nSPS) is 19.2. The lowest BCUT2D eigenvalue weighted by Crippen LogP contribution is -2.45. The Morgan fingerprint density at radius 2 is 2.35 bits per heavy atom. The van der Waals surface area contributed by atoms with Crippen molar-refractivity contribution in [1.29, 1.82) is 5.26 Å². The SMILES string of the molecule is CC(C)N(Cc1ccnc(C#N)c1)CC1CCCCN1. The van der Waals surface area contributed by atoms with Crippen LogP contribution < -0.4 is 5.32 Å². The quantitative estimate of drug-likeness (QED) is 0.893. The van der Waals surface area contributed by atoms with Crippen LogP contribution in [0.15, 0.2) is 18.3 Å². The Hall–Kier alpha value is -1.44. The average molecular weight is 272 g/mol. The smallest absolute Gasteiger partial charge is 0.140 e. The number of hydrogen-bond acceptors (Lipinski definition) is 4. The van der Waals surface area contributed by atoms with Gasteiger partial charge in [-0.05, 0) is 50.9 Å². The predicted molar refractivity (Wildman–Crippen MR) is 80.1 cm³/mol. The molecule has 1 N–H and O–H groups in total. The van der Waals surface area contributed by atoms with E-state index in [9.17, 15) is 0 Å². The number of nitrogens with one attached hydrogen (secondary N) is 1. The summed E-state index contributed by atoms with van der Waals surface area (Å²) in [6.07, 6.45) is 5.62. The minimum atomic E-state index is 0.498. The van der Waals surface area contributed by atoms with E-state index in [-0.39, 0.29) is 0 Å². The van der Waals surface area contributed by atoms with Crippen molar-refractivity contribution >= 4 is 0 Å². The zero-order valence-electron chi connectivity index (χ0n) is 12.5. The second-order valence-electron chi connectivity index (χ2n) is 5.83. The third-order valence-corrected chi connectivity index (χ3v) is 3.92. The van der Waals surface area contributed by atoms with Crippen molar-refractivity contribution in [2.75, 3.05) is 13.1 Å². The number of rotatable bonds is 5. The zero-order valence-corrected chi connectivity index (χ0v) is 12.5. The van der Waals surface area contributed by atoms with E-state index in [1.54, 1.807) is 6.20 Å². The topological polar surface area (TPSA) is 52.0 Å². The van der Waals surface area contributed by atoms with Crippen molar-refractivity contribution in [3.8, 4) is 6.07 Å². The highest BCUT2D eigenvalue weighted by atomic mass is 15.2. The van der Waals surface area contributed by atoms with Crippen LogP contribution in [-0.4, -0.2) is 35.1 Å². The highest BCUT2D eigenvalue weighted by Crippen LogP contribution is 2.13. The summed E-state index contributed by atoms with van der Waals surface area (Å²) in [5.41, 5.74) is 1.67. The summed E-state index contributed by atoms with van der Waals surface area (Å²) in [6.45, 7) is 7.56. The van der Waals surface area contributed by atoms with Gasteiger partial charge in [0.1, 0.15) is 11.8 Å². The van der Waals surface area contributed by atoms with Gasteiger partial charge in [-0.2, -0.15) is 5.26 Å². The number of nitriles is 1. The maximum Gasteiger partial charge on any atom is 0.140 e. The van der Waals surface area contributed by atoms with Gasteiger partial charge in [-0.1, -0.05) is 6.42 Å². The van der Waals surface area contributed by atoms with Crippen molar-refractivity contribution in [2.45, 2.75) is 51.7 Å². The summed E-state index contributed by atoms with van der Waals surface area (Å²) in [5, 5.41) is 12.5. The summed E-state index contributed by atoms with van der Waals surface area (Å²) < 4.78 is 0. The Morgan fingerprint density at radius 3 is 3.00 bits per heavy atom. The van der Waals surface area contributed by atoms with Gasteiger partial charge >= 0.3 is 0 Å². The molecule has 1 aliphatic heterocycles. The molecule has 1 atom stereocenters. The summed E-state index contributed by atoms with van der Waals surface area (Å²) in [4.78, 5) is 6.51. The van der Waals surface area contributed by atoms with Gasteiger partial charge in [0, 0.05) is 31.4 Å². The lowest BCUT2D eigenvalue weighted by molar-refractivity contribution is 0.177. The van der Waals surface area contributed by atoms with Gasteiger partial charge in [0.25, 0.3) is 0 Å². The lowest BCUT2D eigenvalue weighted by Gasteiger charge is -2.33. The monoisotopic (exact) mass is 272 g/mol. The van der Waals surface area contributed by atoms with E-state index in [0.29, 0.717) is 17.8 Å². The molecule has 1 unspecified atom stereocenters. The molecular weight excluding hydrogens is 248 g/mol. The summed E-state index contributed by atoms with van der Waals surface area (Å²) in [5.74, 6) is 0. The summed E-state index contributed by atoms with van der Waals surface area (Å²) >= 11 is 0. The maximum absolute atomic E-state index is 8.93. The Morgan fingerprint density at radius 1 is 1.50 bits per heavy atom. The van der Waals surface area contributed by atoms with Crippen LogP contribution in [0.5, 0.6) is 0 Å². The third kappa shape index (κ3) is 4.29. The molecule has 0 spiro atoms. The van der Waals surface area contributed by atoms with Crippen LogP contribution in [0.25, 0.3) is 0 Å². The van der Waals surface area contributed by atoms with E-state index in [0.717, 1.165) is 19.6 Å². The number of pyridine rings is 1. The van der Waals surface area contributed by atoms with Gasteiger partial charge in [0.2, 0.25) is 0 Å². The molecule has 1 aliphatic rings. The van der Waals surface area contributed by atoms with E-state index in [1.165, 1.54) is 24.8 Å². The van der Waals surface area contributed by atoms with Crippen molar-refractivity contribution in [1.82, 2.24) is 15.2 Å². The lowest BCUT2D eigenvalue weighted by atomic mass is 10.0. The van der Waals surface area contributed by atoms with Gasteiger partial charge in [-0.25, -0.2) is 4.98 Å². The predicted octanol–water partition coefficient (Wildman–Crippen LogP) is 2.31. The van der Waals surface area contributed by atoms with Crippen LogP contribution in [0.3, 0.4) is 0 Å². The van der Waals surface area contributed by atoms with E-state index >= 15 is 0 Å². The van der Waals surface area contributed by atoms with E-state index in [1.807, 2.05) is 12.1 Å². The molecule has 0 amide bonds. The summed E-state index contributed by atoms with van der Waals surface area (Å²) in [7, 11) is 0. The number of piperidine rings is 1. The van der Waals surface area contributed by atoms with Gasteiger partial charge in [0.15, 0.2) is 0 Å². The molecule has 0 aliphatic carbocycles. The van der Waals surface area contributed by atoms with Gasteiger partial charge in [0.05, 0.1) is 0 Å². The van der Waals surface area contributed by atoms with Crippen LogP contribution in [0.1, 0.15) is 44.4 Å². The maximum atomic E-state index is 8.93. The second kappa shape index (κ2) is 7.37. The highest BCUT2D eigenvalue weighted by Gasteiger charge is 2.18. The molecule has 1 saturated heterocycles. The Kier molecular flexibility index (Phi) is 5.51. The number of nitrogens with zero attached hydrogens (tertiary/aromatic N) is 3. The second-order valence-corrected chi connectivity index (χ2v) is 5.83. The van der Waals surface area contributed by atoms with E-state index in [4.69, 9.17) is 5.26 Å². The molecule has 1 fully saturated rings. The first-order valence-corrected chi connectivity index (χ1v) is 7.51. The summed E-state index contributed by atoms with van der Waals surface area (Å²) in [6, 6.07) is 7.10. The molecule has 0 bridgehead atoms. The number of hydrogen-bond donors (Lipinski definition) is 1. The molecule has 1 aromatic rings. The van der Waals surface area contributed by atoms with Crippen molar-refractivity contribution < 1.29 is 0 Å². The molecule has 2 heterocycles. The fourth-order valence-electron chi connectivity index (χ4n) is 2.69. The molecule has 4 nitrogen and oxygen atoms in total. The molecule has 20 heavy (non-hydrogen) atoms. The fourth-order valence-corrected chi connectivity index (χ4v) is 2.69. The first kappa shape index (κ1) is 15.0. The fraction of sp³-hybridized carbons (Fsp3) is 0.625. The standard InChI is InChI=1S/C16H24N4/c1-13(2)20(12-15-5-3-4-7-18-15)11-14-6-8-19-16(9-14)10-17/h6,8-9,13,15,18H,3-5,7,11-12H2,1-2H3. The van der Waals surface area contributed by atoms with Gasteiger partial charge in [-0.3, -0.25) is 4.90 Å². The molecule has 0 aromatic carbocycles. The minimum absolute atomic E-state index is 0.498. The van der Waals surface area contributed by atoms with Crippen molar-refractivity contribution in [3.63, 3.8) is 0 Å². The van der Waals surface area contributed by atoms with Crippen LogP contribution in [0.2, 0.25) is 0 Å². The minimum Gasteiger partial charge on any atom is -0.313 e. The highest BCUT2D eigenvalue weighted by molar-refractivity contribution is 5.25.